The molecular formula is C12H19N4+. The van der Waals surface area contributed by atoms with Crippen LogP contribution in [0.4, 0.5) is 0 Å². The van der Waals surface area contributed by atoms with Gasteiger partial charge in [0.2, 0.25) is 0 Å². The number of hydrogen-bond donors (Lipinski definition) is 1. The highest BCUT2D eigenvalue weighted by molar-refractivity contribution is 5.75. The van der Waals surface area contributed by atoms with Crippen molar-refractivity contribution in [2.75, 3.05) is 13.1 Å². The number of aromatic nitrogens is 2. The monoisotopic (exact) mass is 219 g/mol. The summed E-state index contributed by atoms with van der Waals surface area (Å²) in [6, 6.07) is 2.03. The van der Waals surface area contributed by atoms with Crippen LogP contribution in [0.5, 0.6) is 0 Å². The van der Waals surface area contributed by atoms with Crippen LogP contribution in [0.2, 0.25) is 0 Å². The molecule has 1 aromatic rings. The van der Waals surface area contributed by atoms with E-state index in [1.807, 2.05) is 12.3 Å². The third kappa shape index (κ3) is 3.10. The molecule has 4 nitrogen and oxygen atoms in total. The first kappa shape index (κ1) is 11.2. The Hall–Kier alpha value is -1.29. The second-order valence-corrected chi connectivity index (χ2v) is 4.36. The van der Waals surface area contributed by atoms with E-state index in [2.05, 4.69) is 27.4 Å². The van der Waals surface area contributed by atoms with Crippen LogP contribution in [0.1, 0.15) is 25.3 Å². The van der Waals surface area contributed by atoms with Crippen molar-refractivity contribution in [1.29, 1.82) is 0 Å². The molecule has 0 radical (unpaired) electrons. The van der Waals surface area contributed by atoms with Gasteiger partial charge < -0.3 is 5.32 Å². The van der Waals surface area contributed by atoms with Crippen molar-refractivity contribution < 1.29 is 5.32 Å². The Morgan fingerprint density at radius 3 is 3.12 bits per heavy atom. The standard InChI is InChI=1S/C12H18N4/c1-10(8-11-4-7-15-16-9-11)12-13-5-2-3-6-14-12/h4,7,9-10H,2-3,5-6,8H2,1H3,(H,13,14)/p+1. The highest BCUT2D eigenvalue weighted by Gasteiger charge is 2.16. The van der Waals surface area contributed by atoms with Crippen LogP contribution in [0.15, 0.2) is 23.5 Å². The normalized spacial score (nSPS) is 18.7. The maximum absolute atomic E-state index is 4.64. The van der Waals surface area contributed by atoms with Gasteiger partial charge in [-0.1, -0.05) is 6.92 Å². The first-order valence-electron chi connectivity index (χ1n) is 5.99. The van der Waals surface area contributed by atoms with Crippen molar-refractivity contribution >= 4 is 5.84 Å². The van der Waals surface area contributed by atoms with Crippen molar-refractivity contribution in [3.05, 3.63) is 24.0 Å². The molecule has 2 rings (SSSR count). The number of hydrogen-bond acceptors (Lipinski definition) is 3. The molecule has 1 atom stereocenters. The average molecular weight is 219 g/mol. The molecule has 1 unspecified atom stereocenters. The van der Waals surface area contributed by atoms with Gasteiger partial charge in [0.1, 0.15) is 0 Å². The first-order valence-corrected chi connectivity index (χ1v) is 5.99. The number of nitrogens with two attached hydrogens (primary N) is 1. The van der Waals surface area contributed by atoms with Crippen LogP contribution in [0.25, 0.3) is 0 Å². The molecule has 4 heteroatoms. The van der Waals surface area contributed by atoms with Gasteiger partial charge in [0.25, 0.3) is 0 Å². The minimum absolute atomic E-state index is 0.488. The van der Waals surface area contributed by atoms with E-state index < -0.39 is 0 Å². The maximum atomic E-state index is 4.64. The number of aliphatic imine (C=N–C) groups is 1. The molecule has 86 valence electrons. The Morgan fingerprint density at radius 1 is 1.38 bits per heavy atom. The molecule has 0 saturated carbocycles. The van der Waals surface area contributed by atoms with Crippen molar-refractivity contribution in [2.24, 2.45) is 10.9 Å². The van der Waals surface area contributed by atoms with Crippen LogP contribution >= 0.6 is 0 Å². The van der Waals surface area contributed by atoms with Gasteiger partial charge >= 0.3 is 0 Å². The lowest BCUT2D eigenvalue weighted by Crippen LogP contribution is -2.89. The van der Waals surface area contributed by atoms with Gasteiger partial charge in [-0.25, -0.2) is 4.99 Å². The zero-order chi connectivity index (χ0) is 11.2. The van der Waals surface area contributed by atoms with Gasteiger partial charge in [-0.2, -0.15) is 10.2 Å². The molecule has 0 saturated heterocycles. The van der Waals surface area contributed by atoms with Gasteiger partial charge in [-0.05, 0) is 30.9 Å². The van der Waals surface area contributed by atoms with Crippen LogP contribution in [0, 0.1) is 5.92 Å². The predicted molar refractivity (Wildman–Crippen MR) is 63.2 cm³/mol. The third-order valence-electron chi connectivity index (χ3n) is 2.95. The van der Waals surface area contributed by atoms with E-state index in [-0.39, 0.29) is 0 Å². The zero-order valence-corrected chi connectivity index (χ0v) is 9.76. The lowest BCUT2D eigenvalue weighted by Gasteiger charge is -2.10. The highest BCUT2D eigenvalue weighted by atomic mass is 15.1. The van der Waals surface area contributed by atoms with Crippen LogP contribution in [-0.2, 0) is 6.42 Å². The van der Waals surface area contributed by atoms with E-state index >= 15 is 0 Å². The molecule has 2 heterocycles. The number of quaternary nitrogens is 1. The number of nitrogens with zero attached hydrogens (tertiary/aromatic N) is 3. The molecule has 0 amide bonds. The molecule has 1 aliphatic heterocycles. The summed E-state index contributed by atoms with van der Waals surface area (Å²) in [6.45, 7) is 4.41. The minimum Gasteiger partial charge on any atom is -0.301 e. The van der Waals surface area contributed by atoms with Crippen LogP contribution < -0.4 is 5.32 Å². The summed E-state index contributed by atoms with van der Waals surface area (Å²) in [5.41, 5.74) is 1.24. The number of rotatable bonds is 3. The summed E-state index contributed by atoms with van der Waals surface area (Å²) in [4.78, 5) is 4.64. The van der Waals surface area contributed by atoms with E-state index in [1.54, 1.807) is 6.20 Å². The molecule has 16 heavy (non-hydrogen) atoms. The highest BCUT2D eigenvalue weighted by Crippen LogP contribution is 2.07. The molecule has 0 fully saturated rings. The van der Waals surface area contributed by atoms with Crippen LogP contribution in [0.3, 0.4) is 0 Å². The smallest absolute Gasteiger partial charge is 0.198 e. The maximum Gasteiger partial charge on any atom is 0.198 e. The van der Waals surface area contributed by atoms with Gasteiger partial charge in [-0.3, -0.25) is 0 Å². The summed E-state index contributed by atoms with van der Waals surface area (Å²) in [5, 5.41) is 9.99. The summed E-state index contributed by atoms with van der Waals surface area (Å²) < 4.78 is 0. The van der Waals surface area contributed by atoms with Crippen molar-refractivity contribution in [1.82, 2.24) is 10.2 Å². The number of amidine groups is 1. The third-order valence-corrected chi connectivity index (χ3v) is 2.95. The molecule has 0 aromatic carbocycles. The molecule has 0 bridgehead atoms. The lowest BCUT2D eigenvalue weighted by atomic mass is 10.0. The lowest BCUT2D eigenvalue weighted by molar-refractivity contribution is -0.543. The van der Waals surface area contributed by atoms with Crippen molar-refractivity contribution in [3.8, 4) is 0 Å². The summed E-state index contributed by atoms with van der Waals surface area (Å²) in [6.07, 6.45) is 7.10. The molecular weight excluding hydrogens is 200 g/mol. The molecule has 1 aromatic heterocycles. The molecule has 0 aliphatic carbocycles. The van der Waals surface area contributed by atoms with E-state index in [0.29, 0.717) is 5.92 Å². The average Bonchev–Trinajstić information content (AvgIpc) is 2.59. The first-order chi connectivity index (χ1) is 7.86. The van der Waals surface area contributed by atoms with Gasteiger partial charge in [0.05, 0.1) is 18.7 Å². The molecule has 0 spiro atoms. The van der Waals surface area contributed by atoms with E-state index in [9.17, 15) is 0 Å². The topological polar surface area (TPSA) is 54.8 Å². The fraction of sp³-hybridized carbons (Fsp3) is 0.583. The Labute approximate surface area is 96.2 Å². The largest absolute Gasteiger partial charge is 0.301 e. The second kappa shape index (κ2) is 5.70. The Balaban J connectivity index is 1.97. The molecule has 2 N–H and O–H groups in total. The summed E-state index contributed by atoms with van der Waals surface area (Å²) >= 11 is 0. The Bertz CT molecular complexity index is 347. The second-order valence-electron chi connectivity index (χ2n) is 4.36. The Morgan fingerprint density at radius 2 is 2.31 bits per heavy atom. The summed E-state index contributed by atoms with van der Waals surface area (Å²) in [7, 11) is 0. The zero-order valence-electron chi connectivity index (χ0n) is 9.76. The Kier molecular flexibility index (Phi) is 3.99. The van der Waals surface area contributed by atoms with Gasteiger partial charge in [-0.15, -0.1) is 0 Å². The van der Waals surface area contributed by atoms with Crippen molar-refractivity contribution in [2.45, 2.75) is 26.2 Å². The van der Waals surface area contributed by atoms with Gasteiger partial charge in [0.15, 0.2) is 5.84 Å². The SMILES string of the molecule is CC(Cc1ccnnc1)C1=NCCCC[NH2+]1. The fourth-order valence-electron chi connectivity index (χ4n) is 2.03. The quantitative estimate of drug-likeness (QED) is 0.800. The fourth-order valence-corrected chi connectivity index (χ4v) is 2.03. The van der Waals surface area contributed by atoms with E-state index in [1.165, 1.54) is 30.8 Å². The van der Waals surface area contributed by atoms with Gasteiger partial charge in [0, 0.05) is 12.7 Å². The molecule has 1 aliphatic rings. The summed E-state index contributed by atoms with van der Waals surface area (Å²) in [5.74, 6) is 1.76. The van der Waals surface area contributed by atoms with Crippen LogP contribution in [-0.4, -0.2) is 29.1 Å². The minimum atomic E-state index is 0.488. The predicted octanol–water partition coefficient (Wildman–Crippen LogP) is 0.411. The van der Waals surface area contributed by atoms with Crippen molar-refractivity contribution in [3.63, 3.8) is 0 Å². The van der Waals surface area contributed by atoms with E-state index in [4.69, 9.17) is 0 Å². The van der Waals surface area contributed by atoms with E-state index in [0.717, 1.165) is 13.0 Å².